The Bertz CT molecular complexity index is 200. The molecule has 1 amide bonds. The van der Waals surface area contributed by atoms with Gasteiger partial charge in [0.2, 0.25) is 5.91 Å². The maximum absolute atomic E-state index is 11.0. The molecule has 0 aromatic rings. The second-order valence-electron chi connectivity index (χ2n) is 4.35. The van der Waals surface area contributed by atoms with E-state index in [4.69, 9.17) is 11.5 Å². The second-order valence-corrected chi connectivity index (χ2v) is 4.35. The fraction of sp³-hybridized carbons (Fsp3) is 0.909. The monoisotopic (exact) mass is 213 g/mol. The van der Waals surface area contributed by atoms with Gasteiger partial charge in [0.25, 0.3) is 0 Å². The number of rotatable bonds is 5. The highest BCUT2D eigenvalue weighted by Crippen LogP contribution is 2.20. The molecule has 1 rings (SSSR count). The van der Waals surface area contributed by atoms with Crippen LogP contribution < -0.4 is 11.5 Å². The number of piperidine rings is 1. The lowest BCUT2D eigenvalue weighted by atomic mass is 9.94. The molecule has 0 radical (unpaired) electrons. The summed E-state index contributed by atoms with van der Waals surface area (Å²) in [5.41, 5.74) is 10.9. The van der Waals surface area contributed by atoms with Crippen molar-refractivity contribution in [1.29, 1.82) is 0 Å². The van der Waals surface area contributed by atoms with Crippen molar-refractivity contribution < 1.29 is 4.79 Å². The van der Waals surface area contributed by atoms with Crippen LogP contribution in [0.1, 0.15) is 32.6 Å². The van der Waals surface area contributed by atoms with Crippen molar-refractivity contribution in [3.8, 4) is 0 Å². The van der Waals surface area contributed by atoms with E-state index in [1.807, 2.05) is 0 Å². The molecule has 1 saturated heterocycles. The lowest BCUT2D eigenvalue weighted by molar-refractivity contribution is -0.123. The fourth-order valence-corrected chi connectivity index (χ4v) is 2.39. The van der Waals surface area contributed by atoms with Gasteiger partial charge in [0.1, 0.15) is 0 Å². The summed E-state index contributed by atoms with van der Waals surface area (Å²) in [6.07, 6.45) is 4.02. The molecule has 4 N–H and O–H groups in total. The van der Waals surface area contributed by atoms with Gasteiger partial charge in [-0.05, 0) is 45.3 Å². The number of amides is 1. The van der Waals surface area contributed by atoms with Crippen LogP contribution in [0.5, 0.6) is 0 Å². The van der Waals surface area contributed by atoms with E-state index in [0.29, 0.717) is 6.04 Å². The van der Waals surface area contributed by atoms with Crippen LogP contribution in [0.25, 0.3) is 0 Å². The molecule has 1 fully saturated rings. The van der Waals surface area contributed by atoms with E-state index in [1.54, 1.807) is 0 Å². The first-order valence-electron chi connectivity index (χ1n) is 5.92. The van der Waals surface area contributed by atoms with Crippen LogP contribution in [0.15, 0.2) is 0 Å². The van der Waals surface area contributed by atoms with Crippen LogP contribution in [-0.2, 0) is 4.79 Å². The van der Waals surface area contributed by atoms with Gasteiger partial charge in [0, 0.05) is 12.0 Å². The Kier molecular flexibility index (Phi) is 5.05. The lowest BCUT2D eigenvalue weighted by Gasteiger charge is -2.36. The quantitative estimate of drug-likeness (QED) is 0.690. The second kappa shape index (κ2) is 6.08. The van der Waals surface area contributed by atoms with Crippen LogP contribution >= 0.6 is 0 Å². The first kappa shape index (κ1) is 12.5. The minimum absolute atomic E-state index is 0.0941. The third-order valence-corrected chi connectivity index (χ3v) is 3.42. The van der Waals surface area contributed by atoms with Gasteiger partial charge in [-0.1, -0.05) is 6.92 Å². The summed E-state index contributed by atoms with van der Waals surface area (Å²) in [6.45, 7) is 4.92. The van der Waals surface area contributed by atoms with E-state index in [2.05, 4.69) is 11.8 Å². The minimum atomic E-state index is -0.137. The molecule has 1 atom stereocenters. The van der Waals surface area contributed by atoms with Crippen LogP contribution in [0.4, 0.5) is 0 Å². The van der Waals surface area contributed by atoms with Gasteiger partial charge >= 0.3 is 0 Å². The fourth-order valence-electron chi connectivity index (χ4n) is 2.39. The molecule has 0 bridgehead atoms. The number of carbonyl (C=O) groups is 1. The molecular formula is C11H23N3O. The van der Waals surface area contributed by atoms with Crippen molar-refractivity contribution in [2.75, 3.05) is 19.6 Å². The standard InChI is InChI=1S/C11H23N3O/c1-2-10(3-6-12)14-7-4-9(5-8-14)11(13)15/h9-10H,2-8,12H2,1H3,(H2,13,15). The topological polar surface area (TPSA) is 72.3 Å². The Balaban J connectivity index is 2.38. The normalized spacial score (nSPS) is 21.5. The van der Waals surface area contributed by atoms with Gasteiger partial charge < -0.3 is 16.4 Å². The highest BCUT2D eigenvalue weighted by Gasteiger charge is 2.26. The number of carbonyl (C=O) groups excluding carboxylic acids is 1. The zero-order valence-electron chi connectivity index (χ0n) is 9.61. The van der Waals surface area contributed by atoms with Gasteiger partial charge in [-0.15, -0.1) is 0 Å². The van der Waals surface area contributed by atoms with Crippen molar-refractivity contribution in [3.05, 3.63) is 0 Å². The molecule has 88 valence electrons. The third kappa shape index (κ3) is 3.47. The van der Waals surface area contributed by atoms with Crippen LogP contribution in [0.2, 0.25) is 0 Å². The molecule has 1 heterocycles. The van der Waals surface area contributed by atoms with Gasteiger partial charge in [-0.3, -0.25) is 4.79 Å². The van der Waals surface area contributed by atoms with Crippen molar-refractivity contribution in [2.24, 2.45) is 17.4 Å². The summed E-state index contributed by atoms with van der Waals surface area (Å²) in [5.74, 6) is -0.0434. The predicted octanol–water partition coefficient (Wildman–Crippen LogP) is 0.311. The Morgan fingerprint density at radius 3 is 2.47 bits per heavy atom. The van der Waals surface area contributed by atoms with Crippen molar-refractivity contribution >= 4 is 5.91 Å². The molecule has 4 heteroatoms. The molecule has 1 unspecified atom stereocenters. The van der Waals surface area contributed by atoms with E-state index >= 15 is 0 Å². The average Bonchev–Trinajstić information content (AvgIpc) is 2.26. The molecule has 0 spiro atoms. The Morgan fingerprint density at radius 1 is 1.47 bits per heavy atom. The first-order valence-corrected chi connectivity index (χ1v) is 5.92. The zero-order valence-corrected chi connectivity index (χ0v) is 9.61. The van der Waals surface area contributed by atoms with Gasteiger partial charge in [0.15, 0.2) is 0 Å². The third-order valence-electron chi connectivity index (χ3n) is 3.42. The predicted molar refractivity (Wildman–Crippen MR) is 61.2 cm³/mol. The molecule has 1 aliphatic heterocycles. The van der Waals surface area contributed by atoms with Gasteiger partial charge in [-0.25, -0.2) is 0 Å². The van der Waals surface area contributed by atoms with Crippen molar-refractivity contribution in [2.45, 2.75) is 38.6 Å². The van der Waals surface area contributed by atoms with E-state index < -0.39 is 0 Å². The first-order chi connectivity index (χ1) is 7.19. The molecular weight excluding hydrogens is 190 g/mol. The summed E-state index contributed by atoms with van der Waals surface area (Å²) >= 11 is 0. The molecule has 15 heavy (non-hydrogen) atoms. The minimum Gasteiger partial charge on any atom is -0.369 e. The smallest absolute Gasteiger partial charge is 0.220 e. The summed E-state index contributed by atoms with van der Waals surface area (Å²) in [5, 5.41) is 0. The Hall–Kier alpha value is -0.610. The van der Waals surface area contributed by atoms with Gasteiger partial charge in [-0.2, -0.15) is 0 Å². The number of nitrogens with two attached hydrogens (primary N) is 2. The molecule has 1 aliphatic rings. The SMILES string of the molecule is CCC(CCN)N1CCC(C(N)=O)CC1. The highest BCUT2D eigenvalue weighted by atomic mass is 16.1. The summed E-state index contributed by atoms with van der Waals surface area (Å²) in [6, 6.07) is 0.587. The van der Waals surface area contributed by atoms with E-state index in [1.165, 1.54) is 0 Å². The van der Waals surface area contributed by atoms with Crippen LogP contribution in [0.3, 0.4) is 0 Å². The number of hydrogen-bond donors (Lipinski definition) is 2. The Labute approximate surface area is 92.0 Å². The average molecular weight is 213 g/mol. The van der Waals surface area contributed by atoms with E-state index in [0.717, 1.165) is 45.3 Å². The summed E-state index contributed by atoms with van der Waals surface area (Å²) in [4.78, 5) is 13.5. The molecule has 0 aromatic carbocycles. The molecule has 0 aromatic heterocycles. The lowest BCUT2D eigenvalue weighted by Crippen LogP contribution is -2.44. The molecule has 0 aliphatic carbocycles. The molecule has 4 nitrogen and oxygen atoms in total. The van der Waals surface area contributed by atoms with E-state index in [9.17, 15) is 4.79 Å². The number of nitrogens with zero attached hydrogens (tertiary/aromatic N) is 1. The van der Waals surface area contributed by atoms with Crippen LogP contribution in [0, 0.1) is 5.92 Å². The van der Waals surface area contributed by atoms with Gasteiger partial charge in [0.05, 0.1) is 0 Å². The van der Waals surface area contributed by atoms with Crippen LogP contribution in [-0.4, -0.2) is 36.5 Å². The van der Waals surface area contributed by atoms with Crippen molar-refractivity contribution in [1.82, 2.24) is 4.90 Å². The summed E-state index contributed by atoms with van der Waals surface area (Å²) in [7, 11) is 0. The summed E-state index contributed by atoms with van der Waals surface area (Å²) < 4.78 is 0. The van der Waals surface area contributed by atoms with E-state index in [-0.39, 0.29) is 11.8 Å². The van der Waals surface area contributed by atoms with Crippen molar-refractivity contribution in [3.63, 3.8) is 0 Å². The Morgan fingerprint density at radius 2 is 2.07 bits per heavy atom. The zero-order chi connectivity index (χ0) is 11.3. The number of likely N-dealkylation sites (tertiary alicyclic amines) is 1. The number of primary amides is 1. The highest BCUT2D eigenvalue weighted by molar-refractivity contribution is 5.76. The largest absolute Gasteiger partial charge is 0.369 e. The number of hydrogen-bond acceptors (Lipinski definition) is 3. The maximum atomic E-state index is 11.0. The molecule has 0 saturated carbocycles. The maximum Gasteiger partial charge on any atom is 0.220 e.